The first-order chi connectivity index (χ1) is 15.0. The van der Waals surface area contributed by atoms with Crippen molar-refractivity contribution in [2.45, 2.75) is 64.8 Å². The average molecular weight is 438 g/mol. The Bertz CT molecular complexity index is 618. The van der Waals surface area contributed by atoms with Crippen molar-refractivity contribution in [2.24, 2.45) is 7.05 Å². The van der Waals surface area contributed by atoms with Crippen molar-refractivity contribution < 1.29 is 19.1 Å². The van der Waals surface area contributed by atoms with Gasteiger partial charge in [0.2, 0.25) is 11.8 Å². The van der Waals surface area contributed by atoms with Crippen LogP contribution in [-0.2, 0) is 32.7 Å². The van der Waals surface area contributed by atoms with Crippen molar-refractivity contribution in [3.63, 3.8) is 0 Å². The van der Waals surface area contributed by atoms with Crippen LogP contribution in [0.25, 0.3) is 0 Å². The van der Waals surface area contributed by atoms with Crippen LogP contribution in [0.5, 0.6) is 0 Å². The summed E-state index contributed by atoms with van der Waals surface area (Å²) in [6.45, 7) is 4.59. The van der Waals surface area contributed by atoms with E-state index in [1.165, 1.54) is 32.1 Å². The van der Waals surface area contributed by atoms with Gasteiger partial charge < -0.3 is 23.8 Å². The predicted molar refractivity (Wildman–Crippen MR) is 124 cm³/mol. The second-order valence-corrected chi connectivity index (χ2v) is 8.10. The molecule has 2 amide bonds. The summed E-state index contributed by atoms with van der Waals surface area (Å²) in [4.78, 5) is 29.3. The first kappa shape index (κ1) is 27.2. The van der Waals surface area contributed by atoms with Crippen LogP contribution in [0.4, 0.5) is 0 Å². The monoisotopic (exact) mass is 437 g/mol. The maximum atomic E-state index is 13.1. The molecule has 0 saturated carbocycles. The molecule has 0 spiro atoms. The molecule has 7 nitrogen and oxygen atoms in total. The fourth-order valence-electron chi connectivity index (χ4n) is 3.50. The summed E-state index contributed by atoms with van der Waals surface area (Å²) >= 11 is 0. The topological polar surface area (TPSA) is 64.0 Å². The van der Waals surface area contributed by atoms with Crippen LogP contribution in [0.2, 0.25) is 0 Å². The fraction of sp³-hybridized carbons (Fsp3) is 0.750. The summed E-state index contributed by atoms with van der Waals surface area (Å²) in [5.41, 5.74) is 1.04. The van der Waals surface area contributed by atoms with E-state index in [9.17, 15) is 9.59 Å². The van der Waals surface area contributed by atoms with E-state index in [0.717, 1.165) is 18.5 Å². The summed E-state index contributed by atoms with van der Waals surface area (Å²) < 4.78 is 12.4. The van der Waals surface area contributed by atoms with Gasteiger partial charge in [0.1, 0.15) is 0 Å². The molecular weight excluding hydrogens is 394 g/mol. The Balaban J connectivity index is 2.61. The minimum absolute atomic E-state index is 0.0320. The standard InChI is InChI=1S/C24H43N3O4/c1-5-6-7-8-9-10-11-14-23(28)27(17-19-31-4)21-24(29)26(16-18-30-3)20-22-13-12-15-25(22)2/h12-13,15H,5-11,14,16-21H2,1-4H3. The number of carbonyl (C=O) groups is 2. The molecule has 7 heteroatoms. The Hall–Kier alpha value is -1.86. The molecule has 0 aliphatic rings. The normalized spacial score (nSPS) is 11.0. The highest BCUT2D eigenvalue weighted by Crippen LogP contribution is 2.11. The lowest BCUT2D eigenvalue weighted by atomic mass is 10.1. The quantitative estimate of drug-likeness (QED) is 0.329. The van der Waals surface area contributed by atoms with Gasteiger partial charge in [-0.3, -0.25) is 9.59 Å². The van der Waals surface area contributed by atoms with Gasteiger partial charge in [-0.2, -0.15) is 0 Å². The Morgan fingerprint density at radius 2 is 1.52 bits per heavy atom. The van der Waals surface area contributed by atoms with E-state index < -0.39 is 0 Å². The zero-order valence-corrected chi connectivity index (χ0v) is 20.1. The van der Waals surface area contributed by atoms with Gasteiger partial charge in [0, 0.05) is 52.7 Å². The van der Waals surface area contributed by atoms with Crippen LogP contribution in [0.15, 0.2) is 18.3 Å². The summed E-state index contributed by atoms with van der Waals surface area (Å²) in [7, 11) is 5.20. The number of hydrogen-bond acceptors (Lipinski definition) is 4. The van der Waals surface area contributed by atoms with E-state index in [0.29, 0.717) is 39.3 Å². The van der Waals surface area contributed by atoms with Crippen molar-refractivity contribution >= 4 is 11.8 Å². The molecule has 0 saturated heterocycles. The van der Waals surface area contributed by atoms with E-state index in [-0.39, 0.29) is 18.4 Å². The van der Waals surface area contributed by atoms with Crippen LogP contribution >= 0.6 is 0 Å². The van der Waals surface area contributed by atoms with Gasteiger partial charge in [0.25, 0.3) is 0 Å². The molecule has 1 aromatic rings. The van der Waals surface area contributed by atoms with E-state index in [1.807, 2.05) is 29.9 Å². The maximum Gasteiger partial charge on any atom is 0.242 e. The van der Waals surface area contributed by atoms with Crippen molar-refractivity contribution in [3.8, 4) is 0 Å². The SMILES string of the molecule is CCCCCCCCCC(=O)N(CCOC)CC(=O)N(CCOC)Cc1cccn1C. The molecular formula is C24H43N3O4. The number of unbranched alkanes of at least 4 members (excludes halogenated alkanes) is 6. The van der Waals surface area contributed by atoms with Crippen molar-refractivity contribution in [2.75, 3.05) is 47.1 Å². The highest BCUT2D eigenvalue weighted by molar-refractivity contribution is 5.84. The molecule has 178 valence electrons. The zero-order chi connectivity index (χ0) is 22.9. The van der Waals surface area contributed by atoms with Crippen LogP contribution < -0.4 is 0 Å². The van der Waals surface area contributed by atoms with Crippen molar-refractivity contribution in [3.05, 3.63) is 24.0 Å². The summed E-state index contributed by atoms with van der Waals surface area (Å²) in [6.07, 6.45) is 10.6. The van der Waals surface area contributed by atoms with Gasteiger partial charge in [0.15, 0.2) is 0 Å². The molecule has 0 aliphatic carbocycles. The molecule has 0 fully saturated rings. The third kappa shape index (κ3) is 11.4. The minimum Gasteiger partial charge on any atom is -0.383 e. The average Bonchev–Trinajstić information content (AvgIpc) is 3.17. The van der Waals surface area contributed by atoms with Gasteiger partial charge in [-0.05, 0) is 18.6 Å². The lowest BCUT2D eigenvalue weighted by Gasteiger charge is -2.28. The molecule has 1 heterocycles. The Labute approximate surface area is 188 Å². The number of carbonyl (C=O) groups excluding carboxylic acids is 2. The second-order valence-electron chi connectivity index (χ2n) is 8.10. The summed E-state index contributed by atoms with van der Waals surface area (Å²) in [5, 5.41) is 0. The lowest BCUT2D eigenvalue weighted by molar-refractivity contribution is -0.141. The number of hydrogen-bond donors (Lipinski definition) is 0. The molecule has 31 heavy (non-hydrogen) atoms. The second kappa shape index (κ2) is 16.8. The highest BCUT2D eigenvalue weighted by atomic mass is 16.5. The van der Waals surface area contributed by atoms with Crippen LogP contribution in [0, 0.1) is 0 Å². The van der Waals surface area contributed by atoms with Gasteiger partial charge in [-0.1, -0.05) is 45.4 Å². The summed E-state index contributed by atoms with van der Waals surface area (Å²) in [5.74, 6) is -0.0354. The third-order valence-corrected chi connectivity index (χ3v) is 5.56. The third-order valence-electron chi connectivity index (χ3n) is 5.56. The van der Waals surface area contributed by atoms with E-state index >= 15 is 0 Å². The number of aromatic nitrogens is 1. The fourth-order valence-corrected chi connectivity index (χ4v) is 3.50. The van der Waals surface area contributed by atoms with E-state index in [2.05, 4.69) is 6.92 Å². The number of amides is 2. The van der Waals surface area contributed by atoms with Gasteiger partial charge >= 0.3 is 0 Å². The lowest BCUT2D eigenvalue weighted by Crippen LogP contribution is -2.45. The first-order valence-corrected chi connectivity index (χ1v) is 11.7. The van der Waals surface area contributed by atoms with Gasteiger partial charge in [-0.15, -0.1) is 0 Å². The molecule has 0 radical (unpaired) electrons. The van der Waals surface area contributed by atoms with Gasteiger partial charge in [-0.25, -0.2) is 0 Å². The molecule has 0 N–H and O–H groups in total. The predicted octanol–water partition coefficient (Wildman–Crippen LogP) is 3.62. The van der Waals surface area contributed by atoms with E-state index in [1.54, 1.807) is 24.0 Å². The van der Waals surface area contributed by atoms with Crippen molar-refractivity contribution in [1.82, 2.24) is 14.4 Å². The molecule has 1 rings (SSSR count). The smallest absolute Gasteiger partial charge is 0.242 e. The Morgan fingerprint density at radius 1 is 0.903 bits per heavy atom. The van der Waals surface area contributed by atoms with Crippen LogP contribution in [-0.4, -0.2) is 73.2 Å². The number of nitrogens with zero attached hydrogens (tertiary/aromatic N) is 3. The molecule has 0 bridgehead atoms. The highest BCUT2D eigenvalue weighted by Gasteiger charge is 2.21. The van der Waals surface area contributed by atoms with Crippen LogP contribution in [0.3, 0.4) is 0 Å². The Morgan fingerprint density at radius 3 is 2.10 bits per heavy atom. The number of ether oxygens (including phenoxy) is 2. The molecule has 0 aromatic carbocycles. The number of rotatable bonds is 18. The van der Waals surface area contributed by atoms with E-state index in [4.69, 9.17) is 9.47 Å². The summed E-state index contributed by atoms with van der Waals surface area (Å²) in [6, 6.07) is 3.96. The minimum atomic E-state index is -0.0673. The first-order valence-electron chi connectivity index (χ1n) is 11.7. The molecule has 0 aliphatic heterocycles. The number of aryl methyl sites for hydroxylation is 1. The van der Waals surface area contributed by atoms with Gasteiger partial charge in [0.05, 0.1) is 26.3 Å². The zero-order valence-electron chi connectivity index (χ0n) is 20.1. The maximum absolute atomic E-state index is 13.1. The van der Waals surface area contributed by atoms with Crippen LogP contribution in [0.1, 0.15) is 64.0 Å². The Kier molecular flexibility index (Phi) is 14.7. The number of methoxy groups -OCH3 is 2. The molecule has 0 atom stereocenters. The molecule has 0 unspecified atom stereocenters. The largest absolute Gasteiger partial charge is 0.383 e. The van der Waals surface area contributed by atoms with Crippen molar-refractivity contribution in [1.29, 1.82) is 0 Å². The molecule has 1 aromatic heterocycles.